The first-order chi connectivity index (χ1) is 9.69. The zero-order valence-electron chi connectivity index (χ0n) is 11.0. The second-order valence-electron chi connectivity index (χ2n) is 4.77. The maximum absolute atomic E-state index is 11.7. The molecule has 0 bridgehead atoms. The minimum Gasteiger partial charge on any atom is -0.466 e. The molecule has 2 heterocycles. The van der Waals surface area contributed by atoms with Gasteiger partial charge in [0, 0.05) is 0 Å². The second kappa shape index (κ2) is 5.09. The molecule has 1 aromatic carbocycles. The van der Waals surface area contributed by atoms with E-state index >= 15 is 0 Å². The molecule has 20 heavy (non-hydrogen) atoms. The molecule has 1 saturated heterocycles. The molecular weight excluding hydrogens is 260 g/mol. The molecule has 104 valence electrons. The van der Waals surface area contributed by atoms with Gasteiger partial charge < -0.3 is 14.2 Å². The van der Waals surface area contributed by atoms with Crippen LogP contribution in [0.2, 0.25) is 0 Å². The standard InChI is InChI=1S/C15H14O5/c1-18-14(17)10-6-9-4-2-3-5-11(9)12-7-13(16)20-15(12)19-8-10/h2-6,12,15H,7-8H2,1H3/b10-6+/t12-,15+/m0/s1. The fourth-order valence-electron chi connectivity index (χ4n) is 2.57. The van der Waals surface area contributed by atoms with Crippen LogP contribution in [0.4, 0.5) is 0 Å². The third kappa shape index (κ3) is 2.20. The average Bonchev–Trinajstić information content (AvgIpc) is 2.81. The maximum atomic E-state index is 11.7. The van der Waals surface area contributed by atoms with Crippen molar-refractivity contribution in [2.75, 3.05) is 13.7 Å². The topological polar surface area (TPSA) is 61.8 Å². The Bertz CT molecular complexity index is 590. The van der Waals surface area contributed by atoms with Crippen molar-refractivity contribution >= 4 is 18.0 Å². The van der Waals surface area contributed by atoms with Crippen molar-refractivity contribution in [3.63, 3.8) is 0 Å². The summed E-state index contributed by atoms with van der Waals surface area (Å²) in [7, 11) is 1.33. The molecule has 2 atom stereocenters. The van der Waals surface area contributed by atoms with Crippen molar-refractivity contribution in [3.05, 3.63) is 41.0 Å². The van der Waals surface area contributed by atoms with E-state index in [2.05, 4.69) is 0 Å². The summed E-state index contributed by atoms with van der Waals surface area (Å²) in [5.41, 5.74) is 2.25. The third-order valence-corrected chi connectivity index (χ3v) is 3.54. The largest absolute Gasteiger partial charge is 0.466 e. The van der Waals surface area contributed by atoms with Crippen LogP contribution < -0.4 is 0 Å². The van der Waals surface area contributed by atoms with Crippen molar-refractivity contribution in [2.45, 2.75) is 18.6 Å². The van der Waals surface area contributed by atoms with Gasteiger partial charge in [0.1, 0.15) is 0 Å². The number of benzene rings is 1. The van der Waals surface area contributed by atoms with E-state index in [1.807, 2.05) is 24.3 Å². The van der Waals surface area contributed by atoms with Crippen molar-refractivity contribution in [2.24, 2.45) is 0 Å². The number of hydrogen-bond donors (Lipinski definition) is 0. The van der Waals surface area contributed by atoms with Crippen LogP contribution in [0.15, 0.2) is 29.8 Å². The van der Waals surface area contributed by atoms with Crippen LogP contribution in [-0.2, 0) is 23.8 Å². The van der Waals surface area contributed by atoms with Gasteiger partial charge >= 0.3 is 11.9 Å². The second-order valence-corrected chi connectivity index (χ2v) is 4.77. The lowest BCUT2D eigenvalue weighted by Crippen LogP contribution is -2.24. The van der Waals surface area contributed by atoms with Gasteiger partial charge in [-0.1, -0.05) is 24.3 Å². The highest BCUT2D eigenvalue weighted by Gasteiger charge is 2.39. The third-order valence-electron chi connectivity index (χ3n) is 3.54. The minimum atomic E-state index is -0.642. The monoisotopic (exact) mass is 274 g/mol. The molecule has 5 heteroatoms. The summed E-state index contributed by atoms with van der Waals surface area (Å²) in [5.74, 6) is -0.854. The van der Waals surface area contributed by atoms with Gasteiger partial charge in [0.05, 0.1) is 31.6 Å². The van der Waals surface area contributed by atoms with E-state index in [0.717, 1.165) is 11.1 Å². The number of fused-ring (bicyclic) bond motifs is 3. The molecule has 1 aromatic rings. The van der Waals surface area contributed by atoms with Gasteiger partial charge in [0.2, 0.25) is 6.29 Å². The molecule has 0 radical (unpaired) electrons. The molecule has 2 aliphatic heterocycles. The zero-order chi connectivity index (χ0) is 14.1. The summed E-state index contributed by atoms with van der Waals surface area (Å²) in [6.07, 6.45) is 1.40. The first-order valence-corrected chi connectivity index (χ1v) is 6.38. The number of ether oxygens (including phenoxy) is 3. The molecule has 2 aliphatic rings. The molecule has 0 spiro atoms. The SMILES string of the molecule is COC(=O)/C1=C/c2ccccc2[C@@H]2CC(=O)O[C@H]2OC1. The molecular formula is C15H14O5. The normalized spacial score (nSPS) is 27.2. The van der Waals surface area contributed by atoms with Crippen molar-refractivity contribution in [1.82, 2.24) is 0 Å². The van der Waals surface area contributed by atoms with Crippen LogP contribution in [0, 0.1) is 0 Å². The van der Waals surface area contributed by atoms with Crippen molar-refractivity contribution < 1.29 is 23.8 Å². The first-order valence-electron chi connectivity index (χ1n) is 6.38. The number of hydrogen-bond acceptors (Lipinski definition) is 5. The first kappa shape index (κ1) is 12.9. The number of rotatable bonds is 1. The molecule has 0 aromatic heterocycles. The lowest BCUT2D eigenvalue weighted by atomic mass is 9.90. The average molecular weight is 274 g/mol. The predicted octanol–water partition coefficient (Wildman–Crippen LogP) is 1.63. The number of carbonyl (C=O) groups excluding carboxylic acids is 2. The molecule has 0 amide bonds. The quantitative estimate of drug-likeness (QED) is 0.728. The smallest absolute Gasteiger partial charge is 0.336 e. The Hall–Kier alpha value is -2.14. The maximum Gasteiger partial charge on any atom is 0.336 e. The van der Waals surface area contributed by atoms with Crippen LogP contribution >= 0.6 is 0 Å². The highest BCUT2D eigenvalue weighted by atomic mass is 16.7. The Balaban J connectivity index is 2.06. The molecule has 0 aliphatic carbocycles. The van der Waals surface area contributed by atoms with E-state index in [9.17, 15) is 9.59 Å². The summed E-state index contributed by atoms with van der Waals surface area (Å²) in [5, 5.41) is 0. The van der Waals surface area contributed by atoms with Crippen LogP contribution in [-0.4, -0.2) is 31.9 Å². The Morgan fingerprint density at radius 2 is 2.15 bits per heavy atom. The van der Waals surface area contributed by atoms with Crippen LogP contribution in [0.25, 0.3) is 6.08 Å². The molecule has 0 N–H and O–H groups in total. The Labute approximate surface area is 116 Å². The van der Waals surface area contributed by atoms with Gasteiger partial charge in [-0.2, -0.15) is 0 Å². The predicted molar refractivity (Wildman–Crippen MR) is 69.6 cm³/mol. The fraction of sp³-hybridized carbons (Fsp3) is 0.333. The Kier molecular flexibility index (Phi) is 3.28. The van der Waals surface area contributed by atoms with Crippen molar-refractivity contribution in [3.8, 4) is 0 Å². The molecule has 0 saturated carbocycles. The van der Waals surface area contributed by atoms with E-state index in [-0.39, 0.29) is 18.5 Å². The Morgan fingerprint density at radius 3 is 2.95 bits per heavy atom. The van der Waals surface area contributed by atoms with Crippen LogP contribution in [0.1, 0.15) is 23.5 Å². The minimum absolute atomic E-state index is 0.0649. The van der Waals surface area contributed by atoms with E-state index in [4.69, 9.17) is 14.2 Å². The molecule has 0 unspecified atom stereocenters. The summed E-state index contributed by atoms with van der Waals surface area (Å²) in [4.78, 5) is 23.2. The van der Waals surface area contributed by atoms with Gasteiger partial charge in [-0.15, -0.1) is 0 Å². The van der Waals surface area contributed by atoms with Gasteiger partial charge in [0.15, 0.2) is 0 Å². The van der Waals surface area contributed by atoms with Gasteiger partial charge in [-0.3, -0.25) is 4.79 Å². The lowest BCUT2D eigenvalue weighted by Gasteiger charge is -2.23. The molecule has 1 fully saturated rings. The van der Waals surface area contributed by atoms with E-state index in [1.54, 1.807) is 6.08 Å². The van der Waals surface area contributed by atoms with E-state index in [0.29, 0.717) is 12.0 Å². The zero-order valence-corrected chi connectivity index (χ0v) is 11.0. The van der Waals surface area contributed by atoms with Crippen LogP contribution in [0.3, 0.4) is 0 Å². The summed E-state index contributed by atoms with van der Waals surface area (Å²) >= 11 is 0. The molecule has 3 rings (SSSR count). The van der Waals surface area contributed by atoms with E-state index < -0.39 is 12.3 Å². The van der Waals surface area contributed by atoms with Gasteiger partial charge in [0.25, 0.3) is 0 Å². The lowest BCUT2D eigenvalue weighted by molar-refractivity contribution is -0.163. The number of esters is 2. The van der Waals surface area contributed by atoms with Gasteiger partial charge in [-0.05, 0) is 17.2 Å². The highest BCUT2D eigenvalue weighted by Crippen LogP contribution is 2.37. The number of methoxy groups -OCH3 is 1. The van der Waals surface area contributed by atoms with Gasteiger partial charge in [-0.25, -0.2) is 4.79 Å². The summed E-state index contributed by atoms with van der Waals surface area (Å²) < 4.78 is 15.5. The van der Waals surface area contributed by atoms with Crippen LogP contribution in [0.5, 0.6) is 0 Å². The highest BCUT2D eigenvalue weighted by molar-refractivity contribution is 5.94. The summed E-state index contributed by atoms with van der Waals surface area (Å²) in [6, 6.07) is 7.61. The Morgan fingerprint density at radius 1 is 1.35 bits per heavy atom. The fourth-order valence-corrected chi connectivity index (χ4v) is 2.57. The number of carbonyl (C=O) groups is 2. The van der Waals surface area contributed by atoms with E-state index in [1.165, 1.54) is 7.11 Å². The van der Waals surface area contributed by atoms with Crippen molar-refractivity contribution in [1.29, 1.82) is 0 Å². The molecule has 5 nitrogen and oxygen atoms in total. The summed E-state index contributed by atoms with van der Waals surface area (Å²) in [6.45, 7) is 0.0649.